The van der Waals surface area contributed by atoms with E-state index in [0.29, 0.717) is 29.5 Å². The average molecular weight is 472 g/mol. The molecule has 0 aromatic heterocycles. The number of benzene rings is 2. The van der Waals surface area contributed by atoms with Crippen LogP contribution >= 0.6 is 0 Å². The van der Waals surface area contributed by atoms with Gasteiger partial charge in [0.15, 0.2) is 11.5 Å². The summed E-state index contributed by atoms with van der Waals surface area (Å²) in [6.45, 7) is 0.330. The molecule has 2 aromatic rings. The van der Waals surface area contributed by atoms with Gasteiger partial charge in [-0.05, 0) is 17.7 Å². The third kappa shape index (κ3) is 5.69. The zero-order valence-electron chi connectivity index (χ0n) is 19.7. The van der Waals surface area contributed by atoms with E-state index >= 15 is 0 Å². The molecule has 1 heterocycles. The van der Waals surface area contributed by atoms with Crippen LogP contribution in [0.1, 0.15) is 12.0 Å². The van der Waals surface area contributed by atoms with Crippen molar-refractivity contribution in [1.82, 2.24) is 10.6 Å². The standard InChI is InChI=1S/C24H29N3O7/c1-31-18-7-5-15(6-8-18)12-25-21(28)13-26-24(30)16-9-22(29)27(14-16)17-10-19(32-2)23(34-4)20(11-17)33-3/h5-8,10-11,16H,9,12-14H2,1-4H3,(H,25,28)(H,26,30). The number of anilines is 1. The Kier molecular flexibility index (Phi) is 8.18. The molecule has 3 rings (SSSR count). The van der Waals surface area contributed by atoms with E-state index in [1.54, 1.807) is 31.4 Å². The summed E-state index contributed by atoms with van der Waals surface area (Å²) in [5.41, 5.74) is 1.44. The SMILES string of the molecule is COc1ccc(CNC(=O)CNC(=O)C2CC(=O)N(c3cc(OC)c(OC)c(OC)c3)C2)cc1. The van der Waals surface area contributed by atoms with Crippen molar-refractivity contribution in [2.24, 2.45) is 5.92 Å². The first-order chi connectivity index (χ1) is 16.4. The molecule has 1 fully saturated rings. The van der Waals surface area contributed by atoms with Gasteiger partial charge in [-0.25, -0.2) is 0 Å². The van der Waals surface area contributed by atoms with Crippen LogP contribution in [0.15, 0.2) is 36.4 Å². The fraction of sp³-hybridized carbons (Fsp3) is 0.375. The van der Waals surface area contributed by atoms with Crippen molar-refractivity contribution < 1.29 is 33.3 Å². The molecule has 10 heteroatoms. The van der Waals surface area contributed by atoms with Crippen LogP contribution in [0.2, 0.25) is 0 Å². The first-order valence-electron chi connectivity index (χ1n) is 10.7. The summed E-state index contributed by atoms with van der Waals surface area (Å²) < 4.78 is 21.1. The van der Waals surface area contributed by atoms with Gasteiger partial charge in [0.25, 0.3) is 0 Å². The van der Waals surface area contributed by atoms with Crippen molar-refractivity contribution in [2.75, 3.05) is 46.4 Å². The molecular formula is C24H29N3O7. The normalized spacial score (nSPS) is 15.0. The summed E-state index contributed by atoms with van der Waals surface area (Å²) in [6.07, 6.45) is 0.0377. The van der Waals surface area contributed by atoms with Gasteiger partial charge in [0.1, 0.15) is 5.75 Å². The Balaban J connectivity index is 1.55. The molecule has 10 nitrogen and oxygen atoms in total. The Morgan fingerprint density at radius 2 is 1.59 bits per heavy atom. The summed E-state index contributed by atoms with van der Waals surface area (Å²) in [7, 11) is 6.06. The van der Waals surface area contributed by atoms with E-state index in [2.05, 4.69) is 10.6 Å². The van der Waals surface area contributed by atoms with E-state index < -0.39 is 5.92 Å². The first-order valence-corrected chi connectivity index (χ1v) is 10.7. The number of amides is 3. The van der Waals surface area contributed by atoms with Gasteiger partial charge >= 0.3 is 0 Å². The molecule has 0 spiro atoms. The van der Waals surface area contributed by atoms with Crippen molar-refractivity contribution in [2.45, 2.75) is 13.0 Å². The topological polar surface area (TPSA) is 115 Å². The lowest BCUT2D eigenvalue weighted by Crippen LogP contribution is -2.40. The van der Waals surface area contributed by atoms with Crippen molar-refractivity contribution in [3.8, 4) is 23.0 Å². The minimum absolute atomic E-state index is 0.0377. The average Bonchev–Trinajstić information content (AvgIpc) is 3.26. The third-order valence-electron chi connectivity index (χ3n) is 5.53. The Morgan fingerprint density at radius 3 is 2.15 bits per heavy atom. The van der Waals surface area contributed by atoms with E-state index in [1.807, 2.05) is 12.1 Å². The van der Waals surface area contributed by atoms with Gasteiger partial charge in [0, 0.05) is 31.6 Å². The Hall–Kier alpha value is -3.95. The first kappa shape index (κ1) is 24.7. The third-order valence-corrected chi connectivity index (χ3v) is 5.53. The smallest absolute Gasteiger partial charge is 0.239 e. The van der Waals surface area contributed by atoms with Gasteiger partial charge < -0.3 is 34.5 Å². The van der Waals surface area contributed by atoms with E-state index in [1.165, 1.54) is 26.2 Å². The monoisotopic (exact) mass is 471 g/mol. The van der Waals surface area contributed by atoms with Gasteiger partial charge in [-0.15, -0.1) is 0 Å². The number of hydrogen-bond donors (Lipinski definition) is 2. The zero-order valence-corrected chi connectivity index (χ0v) is 19.7. The van der Waals surface area contributed by atoms with E-state index in [-0.39, 0.29) is 37.2 Å². The number of nitrogens with zero attached hydrogens (tertiary/aromatic N) is 1. The van der Waals surface area contributed by atoms with Crippen molar-refractivity contribution in [3.05, 3.63) is 42.0 Å². The fourth-order valence-electron chi connectivity index (χ4n) is 3.67. The number of hydrogen-bond acceptors (Lipinski definition) is 7. The molecule has 1 unspecified atom stereocenters. The second kappa shape index (κ2) is 11.3. The minimum Gasteiger partial charge on any atom is -0.497 e. The predicted molar refractivity (Wildman–Crippen MR) is 124 cm³/mol. The number of methoxy groups -OCH3 is 4. The summed E-state index contributed by atoms with van der Waals surface area (Å²) in [6, 6.07) is 10.6. The van der Waals surface area contributed by atoms with Crippen LogP contribution in [0.4, 0.5) is 5.69 Å². The molecule has 34 heavy (non-hydrogen) atoms. The Bertz CT molecular complexity index is 1010. The molecule has 0 bridgehead atoms. The summed E-state index contributed by atoms with van der Waals surface area (Å²) in [5, 5.41) is 5.37. The van der Waals surface area contributed by atoms with Crippen LogP contribution in [0.3, 0.4) is 0 Å². The molecule has 0 radical (unpaired) electrons. The molecule has 1 aliphatic heterocycles. The highest BCUT2D eigenvalue weighted by Crippen LogP contribution is 2.42. The van der Waals surface area contributed by atoms with Crippen LogP contribution in [-0.2, 0) is 20.9 Å². The van der Waals surface area contributed by atoms with Gasteiger partial charge in [0.05, 0.1) is 46.6 Å². The van der Waals surface area contributed by atoms with Crippen LogP contribution in [0.5, 0.6) is 23.0 Å². The molecule has 2 aromatic carbocycles. The molecular weight excluding hydrogens is 442 g/mol. The van der Waals surface area contributed by atoms with E-state index in [4.69, 9.17) is 18.9 Å². The highest BCUT2D eigenvalue weighted by atomic mass is 16.5. The molecule has 2 N–H and O–H groups in total. The van der Waals surface area contributed by atoms with Crippen molar-refractivity contribution >= 4 is 23.4 Å². The lowest BCUT2D eigenvalue weighted by Gasteiger charge is -2.20. The fourth-order valence-corrected chi connectivity index (χ4v) is 3.67. The van der Waals surface area contributed by atoms with Crippen LogP contribution in [0, 0.1) is 5.92 Å². The van der Waals surface area contributed by atoms with Crippen LogP contribution < -0.4 is 34.5 Å². The highest BCUT2D eigenvalue weighted by molar-refractivity contribution is 6.01. The molecule has 3 amide bonds. The second-order valence-electron chi connectivity index (χ2n) is 7.63. The molecule has 0 aliphatic carbocycles. The Labute approximate surface area is 198 Å². The maximum atomic E-state index is 12.6. The van der Waals surface area contributed by atoms with Gasteiger partial charge in [-0.3, -0.25) is 14.4 Å². The lowest BCUT2D eigenvalue weighted by atomic mass is 10.1. The minimum atomic E-state index is -0.582. The maximum Gasteiger partial charge on any atom is 0.239 e. The largest absolute Gasteiger partial charge is 0.497 e. The van der Waals surface area contributed by atoms with Crippen molar-refractivity contribution in [3.63, 3.8) is 0 Å². The van der Waals surface area contributed by atoms with Gasteiger partial charge in [-0.1, -0.05) is 12.1 Å². The lowest BCUT2D eigenvalue weighted by molar-refractivity contribution is -0.129. The number of nitrogens with one attached hydrogen (secondary N) is 2. The Morgan fingerprint density at radius 1 is 0.941 bits per heavy atom. The molecule has 1 saturated heterocycles. The van der Waals surface area contributed by atoms with E-state index in [0.717, 1.165) is 11.3 Å². The van der Waals surface area contributed by atoms with Crippen LogP contribution in [-0.4, -0.2) is 59.3 Å². The van der Waals surface area contributed by atoms with Crippen LogP contribution in [0.25, 0.3) is 0 Å². The molecule has 0 saturated carbocycles. The summed E-state index contributed by atoms with van der Waals surface area (Å²) >= 11 is 0. The second-order valence-corrected chi connectivity index (χ2v) is 7.63. The van der Waals surface area contributed by atoms with Crippen molar-refractivity contribution in [1.29, 1.82) is 0 Å². The quantitative estimate of drug-likeness (QED) is 0.540. The number of rotatable bonds is 10. The molecule has 1 aliphatic rings. The molecule has 182 valence electrons. The zero-order chi connectivity index (χ0) is 24.7. The number of carbonyl (C=O) groups is 3. The maximum absolute atomic E-state index is 12.6. The number of carbonyl (C=O) groups excluding carboxylic acids is 3. The van der Waals surface area contributed by atoms with Gasteiger partial charge in [0.2, 0.25) is 23.5 Å². The summed E-state index contributed by atoms with van der Waals surface area (Å²) in [4.78, 5) is 38.9. The predicted octanol–water partition coefficient (Wildman–Crippen LogP) is 1.51. The highest BCUT2D eigenvalue weighted by Gasteiger charge is 2.36. The van der Waals surface area contributed by atoms with Gasteiger partial charge in [-0.2, -0.15) is 0 Å². The molecule has 1 atom stereocenters. The number of ether oxygens (including phenoxy) is 4. The summed E-state index contributed by atoms with van der Waals surface area (Å²) in [5.74, 6) is 0.485. The van der Waals surface area contributed by atoms with E-state index in [9.17, 15) is 14.4 Å².